The first kappa shape index (κ1) is 19.0. The van der Waals surface area contributed by atoms with Crippen molar-refractivity contribution in [3.63, 3.8) is 0 Å². The van der Waals surface area contributed by atoms with Gasteiger partial charge < -0.3 is 0 Å². The van der Waals surface area contributed by atoms with Gasteiger partial charge in [0.25, 0.3) is 0 Å². The summed E-state index contributed by atoms with van der Waals surface area (Å²) in [5.74, 6) is 1.01. The maximum Gasteiger partial charge on any atom is 0.214 e. The number of fused-ring (bicyclic) bond motifs is 4. The molecular formula is C19H26Cl2N2O2S. The van der Waals surface area contributed by atoms with Gasteiger partial charge in [-0.15, -0.1) is 11.6 Å². The summed E-state index contributed by atoms with van der Waals surface area (Å²) in [6.45, 7) is 2.70. The van der Waals surface area contributed by atoms with Crippen LogP contribution in [0.15, 0.2) is 18.2 Å². The molecule has 1 aromatic carbocycles. The Morgan fingerprint density at radius 1 is 1.23 bits per heavy atom. The predicted octanol–water partition coefficient (Wildman–Crippen LogP) is 3.68. The number of piperidine rings is 2. The summed E-state index contributed by atoms with van der Waals surface area (Å²) in [7, 11) is -3.23. The Morgan fingerprint density at radius 2 is 2.08 bits per heavy atom. The van der Waals surface area contributed by atoms with Crippen LogP contribution >= 0.6 is 23.2 Å². The minimum atomic E-state index is -3.23. The molecule has 3 aliphatic heterocycles. The number of nitrogens with zero attached hydrogens (tertiary/aromatic N) is 2. The lowest BCUT2D eigenvalue weighted by Gasteiger charge is -2.51. The Bertz CT molecular complexity index is 771. The first-order valence-electron chi connectivity index (χ1n) is 9.57. The molecule has 0 N–H and O–H groups in total. The van der Waals surface area contributed by atoms with Crippen LogP contribution in [0, 0.1) is 5.92 Å². The molecule has 4 rings (SSSR count). The van der Waals surface area contributed by atoms with Crippen LogP contribution in [0.2, 0.25) is 5.02 Å². The molecule has 7 heteroatoms. The number of halogens is 2. The van der Waals surface area contributed by atoms with E-state index in [1.165, 1.54) is 11.1 Å². The van der Waals surface area contributed by atoms with Crippen molar-refractivity contribution in [2.75, 3.05) is 31.3 Å². The quantitative estimate of drug-likeness (QED) is 0.702. The molecule has 26 heavy (non-hydrogen) atoms. The molecule has 0 radical (unpaired) electrons. The number of sulfonamides is 1. The second-order valence-electron chi connectivity index (χ2n) is 7.78. The Labute approximate surface area is 166 Å². The van der Waals surface area contributed by atoms with E-state index in [0.717, 1.165) is 43.8 Å². The fourth-order valence-corrected chi connectivity index (χ4v) is 7.39. The van der Waals surface area contributed by atoms with E-state index < -0.39 is 10.0 Å². The third kappa shape index (κ3) is 3.53. The van der Waals surface area contributed by atoms with Crippen molar-refractivity contribution in [1.82, 2.24) is 9.21 Å². The van der Waals surface area contributed by atoms with Gasteiger partial charge in [0.2, 0.25) is 10.0 Å². The Hall–Kier alpha value is -0.330. The second-order valence-corrected chi connectivity index (χ2v) is 10.6. The molecule has 0 unspecified atom stereocenters. The van der Waals surface area contributed by atoms with Crippen molar-refractivity contribution in [2.24, 2.45) is 5.92 Å². The highest BCUT2D eigenvalue weighted by atomic mass is 35.5. The van der Waals surface area contributed by atoms with Crippen LogP contribution in [0.5, 0.6) is 0 Å². The van der Waals surface area contributed by atoms with E-state index in [0.29, 0.717) is 30.8 Å². The minimum Gasteiger partial charge on any atom is -0.296 e. The molecule has 0 saturated carbocycles. The van der Waals surface area contributed by atoms with E-state index >= 15 is 0 Å². The third-order valence-electron chi connectivity index (χ3n) is 6.27. The molecule has 2 fully saturated rings. The van der Waals surface area contributed by atoms with E-state index in [1.807, 2.05) is 10.4 Å². The molecule has 3 aliphatic rings. The smallest absolute Gasteiger partial charge is 0.214 e. The zero-order chi connectivity index (χ0) is 18.3. The van der Waals surface area contributed by atoms with Crippen LogP contribution < -0.4 is 0 Å². The van der Waals surface area contributed by atoms with Gasteiger partial charge in [-0.25, -0.2) is 8.42 Å². The van der Waals surface area contributed by atoms with Crippen molar-refractivity contribution in [3.05, 3.63) is 34.3 Å². The molecule has 2 saturated heterocycles. The minimum absolute atomic E-state index is 0.118. The van der Waals surface area contributed by atoms with E-state index in [4.69, 9.17) is 23.2 Å². The molecule has 1 aromatic rings. The van der Waals surface area contributed by atoms with Crippen LogP contribution in [-0.2, 0) is 16.4 Å². The lowest BCUT2D eigenvalue weighted by molar-refractivity contribution is 0.0220. The van der Waals surface area contributed by atoms with Crippen LogP contribution in [-0.4, -0.2) is 54.9 Å². The van der Waals surface area contributed by atoms with Crippen LogP contribution in [0.3, 0.4) is 0 Å². The fraction of sp³-hybridized carbons (Fsp3) is 0.684. The monoisotopic (exact) mass is 416 g/mol. The van der Waals surface area contributed by atoms with Crippen molar-refractivity contribution < 1.29 is 8.42 Å². The van der Waals surface area contributed by atoms with Gasteiger partial charge >= 0.3 is 0 Å². The van der Waals surface area contributed by atoms with Crippen molar-refractivity contribution in [3.8, 4) is 0 Å². The summed E-state index contributed by atoms with van der Waals surface area (Å²) in [5, 5.41) is 0.786. The Balaban J connectivity index is 1.61. The third-order valence-corrected chi connectivity index (χ3v) is 8.74. The first-order chi connectivity index (χ1) is 12.5. The van der Waals surface area contributed by atoms with E-state index in [2.05, 4.69) is 17.0 Å². The highest BCUT2D eigenvalue weighted by Gasteiger charge is 2.45. The maximum absolute atomic E-state index is 12.9. The maximum atomic E-state index is 12.9. The highest BCUT2D eigenvalue weighted by Crippen LogP contribution is 2.44. The van der Waals surface area contributed by atoms with Gasteiger partial charge in [-0.3, -0.25) is 4.90 Å². The van der Waals surface area contributed by atoms with Crippen molar-refractivity contribution in [2.45, 2.75) is 44.2 Å². The molecule has 0 aromatic heterocycles. The zero-order valence-electron chi connectivity index (χ0n) is 14.9. The molecular weight excluding hydrogens is 391 g/mol. The molecule has 3 atom stereocenters. The van der Waals surface area contributed by atoms with E-state index in [9.17, 15) is 8.42 Å². The number of hydrogen-bond donors (Lipinski definition) is 0. The normalized spacial score (nSPS) is 29.7. The van der Waals surface area contributed by atoms with Crippen LogP contribution in [0.1, 0.15) is 42.9 Å². The molecule has 3 heterocycles. The molecule has 144 valence electrons. The van der Waals surface area contributed by atoms with Gasteiger partial charge in [-0.1, -0.05) is 17.7 Å². The molecule has 4 nitrogen and oxygen atoms in total. The summed E-state index contributed by atoms with van der Waals surface area (Å²) in [6.07, 6.45) is 4.53. The van der Waals surface area contributed by atoms with Gasteiger partial charge in [-0.2, -0.15) is 4.31 Å². The first-order valence-corrected chi connectivity index (χ1v) is 12.1. The highest BCUT2D eigenvalue weighted by molar-refractivity contribution is 7.89. The number of alkyl halides is 1. The molecule has 0 aliphatic carbocycles. The van der Waals surface area contributed by atoms with Gasteiger partial charge in [0.1, 0.15) is 0 Å². The Morgan fingerprint density at radius 3 is 2.88 bits per heavy atom. The predicted molar refractivity (Wildman–Crippen MR) is 106 cm³/mol. The van der Waals surface area contributed by atoms with Gasteiger partial charge in [-0.05, 0) is 61.3 Å². The molecule has 0 spiro atoms. The van der Waals surface area contributed by atoms with E-state index in [-0.39, 0.29) is 11.8 Å². The second kappa shape index (κ2) is 7.59. The molecule has 0 amide bonds. The van der Waals surface area contributed by atoms with Gasteiger partial charge in [0, 0.05) is 42.6 Å². The molecule has 0 bridgehead atoms. The number of rotatable bonds is 4. The average molecular weight is 417 g/mol. The van der Waals surface area contributed by atoms with Crippen molar-refractivity contribution >= 4 is 33.2 Å². The summed E-state index contributed by atoms with van der Waals surface area (Å²) in [6, 6.07) is 6.61. The summed E-state index contributed by atoms with van der Waals surface area (Å²) >= 11 is 11.9. The van der Waals surface area contributed by atoms with Gasteiger partial charge in [0.15, 0.2) is 0 Å². The standard InChI is InChI=1S/C19H26Cl2N2O2S/c20-7-2-10-26(24,25)23-8-1-3-15-13-22-9-6-14-11-16(21)4-5-17(14)19(22)12-18(15)23/h4-5,11,15,18-19H,1-3,6-10,12-13H2/t15-,18+,19-/m0/s1. The summed E-state index contributed by atoms with van der Waals surface area (Å²) in [5.41, 5.74) is 2.66. The largest absolute Gasteiger partial charge is 0.296 e. The Kier molecular flexibility index (Phi) is 5.55. The van der Waals surface area contributed by atoms with Gasteiger partial charge in [0.05, 0.1) is 5.75 Å². The lowest BCUT2D eigenvalue weighted by Crippen LogP contribution is -2.57. The summed E-state index contributed by atoms with van der Waals surface area (Å²) in [4.78, 5) is 2.56. The SMILES string of the molecule is O=S(=O)(CCCCl)N1CCC[C@H]2CN3CCc4cc(Cl)ccc4[C@@H]3C[C@H]21. The number of hydrogen-bond acceptors (Lipinski definition) is 3. The average Bonchev–Trinajstić information content (AvgIpc) is 2.64. The number of benzene rings is 1. The zero-order valence-corrected chi connectivity index (χ0v) is 17.2. The summed E-state index contributed by atoms with van der Waals surface area (Å²) < 4.78 is 27.6. The topological polar surface area (TPSA) is 40.6 Å². The van der Waals surface area contributed by atoms with Crippen molar-refractivity contribution in [1.29, 1.82) is 0 Å². The van der Waals surface area contributed by atoms with Crippen LogP contribution in [0.25, 0.3) is 0 Å². The fourth-order valence-electron chi connectivity index (χ4n) is 5.08. The lowest BCUT2D eigenvalue weighted by atomic mass is 9.77. The van der Waals surface area contributed by atoms with Crippen LogP contribution in [0.4, 0.5) is 0 Å². The van der Waals surface area contributed by atoms with E-state index in [1.54, 1.807) is 0 Å².